The number of aryl methyl sites for hydroxylation is 1. The molecule has 9 heteroatoms. The molecule has 0 radical (unpaired) electrons. The van der Waals surface area contributed by atoms with Crippen LogP contribution in [0, 0.1) is 0 Å². The summed E-state index contributed by atoms with van der Waals surface area (Å²) in [5.74, 6) is 0.468. The minimum Gasteiger partial charge on any atom is -0.388 e. The molecule has 0 aromatic carbocycles. The molecule has 156 valence electrons. The van der Waals surface area contributed by atoms with Crippen LogP contribution < -0.4 is 10.2 Å². The molecule has 4 rings (SSSR count). The van der Waals surface area contributed by atoms with Crippen LogP contribution in [0.15, 0.2) is 30.9 Å². The number of carbonyl (C=O) groups excluding carboxylic acids is 1. The van der Waals surface area contributed by atoms with Crippen molar-refractivity contribution >= 4 is 11.9 Å². The van der Waals surface area contributed by atoms with Crippen molar-refractivity contribution in [1.29, 1.82) is 0 Å². The molecule has 2 fully saturated rings. The Hall–Kier alpha value is -2.52. The molecule has 1 spiro atoms. The molecule has 0 unspecified atom stereocenters. The van der Waals surface area contributed by atoms with E-state index in [2.05, 4.69) is 25.3 Å². The lowest BCUT2D eigenvalue weighted by Crippen LogP contribution is -2.69. The topological polar surface area (TPSA) is 105 Å². The number of ether oxygens (including phenoxy) is 1. The van der Waals surface area contributed by atoms with E-state index in [1.54, 1.807) is 35.5 Å². The van der Waals surface area contributed by atoms with Crippen molar-refractivity contribution in [3.05, 3.63) is 36.4 Å². The molecular weight excluding hydrogens is 372 g/mol. The van der Waals surface area contributed by atoms with E-state index in [-0.39, 0.29) is 5.91 Å². The first kappa shape index (κ1) is 19.8. The predicted octanol–water partition coefficient (Wildman–Crippen LogP) is 1.00. The Kier molecular flexibility index (Phi) is 5.26. The second kappa shape index (κ2) is 7.72. The summed E-state index contributed by atoms with van der Waals surface area (Å²) < 4.78 is 7.83. The molecule has 2 aromatic heterocycles. The van der Waals surface area contributed by atoms with Crippen LogP contribution >= 0.6 is 0 Å². The van der Waals surface area contributed by atoms with Crippen LogP contribution in [0.1, 0.15) is 43.5 Å². The van der Waals surface area contributed by atoms with Gasteiger partial charge < -0.3 is 20.1 Å². The van der Waals surface area contributed by atoms with E-state index in [0.29, 0.717) is 57.0 Å². The summed E-state index contributed by atoms with van der Waals surface area (Å²) >= 11 is 0. The molecular formula is C20H28N6O3. The third kappa shape index (κ3) is 3.72. The van der Waals surface area contributed by atoms with Crippen molar-refractivity contribution in [3.63, 3.8) is 0 Å². The summed E-state index contributed by atoms with van der Waals surface area (Å²) in [7, 11) is 0. The highest BCUT2D eigenvalue weighted by Gasteiger charge is 2.54. The van der Waals surface area contributed by atoms with Crippen molar-refractivity contribution < 1.29 is 14.6 Å². The van der Waals surface area contributed by atoms with E-state index in [1.165, 1.54) is 0 Å². The summed E-state index contributed by atoms with van der Waals surface area (Å²) in [5, 5.41) is 18.5. The molecule has 2 N–H and O–H groups in total. The lowest BCUT2D eigenvalue weighted by molar-refractivity contribution is -0.195. The van der Waals surface area contributed by atoms with Crippen LogP contribution in [0.4, 0.5) is 5.95 Å². The number of hydrogen-bond acceptors (Lipinski definition) is 7. The average molecular weight is 400 g/mol. The predicted molar refractivity (Wildman–Crippen MR) is 107 cm³/mol. The summed E-state index contributed by atoms with van der Waals surface area (Å²) in [5.41, 5.74) is -0.953. The van der Waals surface area contributed by atoms with E-state index in [4.69, 9.17) is 4.74 Å². The Morgan fingerprint density at radius 3 is 2.69 bits per heavy atom. The smallest absolute Gasteiger partial charge is 0.254 e. The Balaban J connectivity index is 1.46. The second-order valence-electron chi connectivity index (χ2n) is 8.06. The third-order valence-electron chi connectivity index (χ3n) is 6.18. The third-order valence-corrected chi connectivity index (χ3v) is 6.18. The van der Waals surface area contributed by atoms with Crippen LogP contribution in [-0.2, 0) is 11.3 Å². The fraction of sp³-hybridized carbons (Fsp3) is 0.600. The molecule has 0 saturated carbocycles. The van der Waals surface area contributed by atoms with Crippen molar-refractivity contribution in [2.24, 2.45) is 0 Å². The maximum absolute atomic E-state index is 12.8. The summed E-state index contributed by atoms with van der Waals surface area (Å²) in [6.45, 7) is 6.43. The maximum Gasteiger partial charge on any atom is 0.254 e. The molecule has 0 bridgehead atoms. The van der Waals surface area contributed by atoms with Crippen LogP contribution in [0.25, 0.3) is 0 Å². The minimum absolute atomic E-state index is 0.224. The van der Waals surface area contributed by atoms with Gasteiger partial charge in [-0.25, -0.2) is 9.97 Å². The monoisotopic (exact) mass is 400 g/mol. The first-order chi connectivity index (χ1) is 14.0. The van der Waals surface area contributed by atoms with E-state index < -0.39 is 17.2 Å². The van der Waals surface area contributed by atoms with Gasteiger partial charge in [0, 0.05) is 44.8 Å². The average Bonchev–Trinajstić information content (AvgIpc) is 3.23. The molecule has 29 heavy (non-hydrogen) atoms. The molecule has 2 saturated heterocycles. The zero-order valence-electron chi connectivity index (χ0n) is 16.9. The molecule has 9 nitrogen and oxygen atoms in total. The maximum atomic E-state index is 12.8. The van der Waals surface area contributed by atoms with Gasteiger partial charge in [-0.3, -0.25) is 9.48 Å². The van der Waals surface area contributed by atoms with Gasteiger partial charge in [0.2, 0.25) is 5.95 Å². The van der Waals surface area contributed by atoms with Gasteiger partial charge in [0.1, 0.15) is 6.10 Å². The van der Waals surface area contributed by atoms with E-state index in [0.717, 1.165) is 0 Å². The Bertz CT molecular complexity index is 849. The largest absolute Gasteiger partial charge is 0.388 e. The molecule has 2 aliphatic rings. The number of aliphatic hydroxyl groups excluding tert-OH is 1. The Labute approximate surface area is 170 Å². The molecule has 2 atom stereocenters. The van der Waals surface area contributed by atoms with Crippen LogP contribution in [-0.4, -0.2) is 67.7 Å². The van der Waals surface area contributed by atoms with Crippen LogP contribution in [0.2, 0.25) is 0 Å². The minimum atomic E-state index is -0.812. The number of hydrogen-bond donors (Lipinski definition) is 2. The number of nitrogens with zero attached hydrogens (tertiary/aromatic N) is 5. The highest BCUT2D eigenvalue weighted by Crippen LogP contribution is 2.40. The van der Waals surface area contributed by atoms with Crippen molar-refractivity contribution in [1.82, 2.24) is 25.1 Å². The fourth-order valence-corrected chi connectivity index (χ4v) is 4.34. The Morgan fingerprint density at radius 1 is 1.31 bits per heavy atom. The SMILES string of the molecule is CCn1cc(C(=O)N[C@@]2(C)CCOC3(CCN(c4ncccn4)CC3)[C@@H]2O)cn1. The number of aliphatic hydroxyl groups is 1. The lowest BCUT2D eigenvalue weighted by Gasteiger charge is -2.53. The lowest BCUT2D eigenvalue weighted by atomic mass is 9.73. The highest BCUT2D eigenvalue weighted by atomic mass is 16.5. The molecule has 2 aromatic rings. The summed E-state index contributed by atoms with van der Waals surface area (Å²) in [6, 6.07) is 1.79. The van der Waals surface area contributed by atoms with Gasteiger partial charge in [-0.2, -0.15) is 5.10 Å². The first-order valence-electron chi connectivity index (χ1n) is 10.1. The Morgan fingerprint density at radius 2 is 2.03 bits per heavy atom. The number of rotatable bonds is 4. The molecule has 0 aliphatic carbocycles. The quantitative estimate of drug-likeness (QED) is 0.789. The molecule has 1 amide bonds. The van der Waals surface area contributed by atoms with Gasteiger partial charge in [-0.15, -0.1) is 0 Å². The van der Waals surface area contributed by atoms with Gasteiger partial charge in [0.05, 0.1) is 22.9 Å². The summed E-state index contributed by atoms with van der Waals surface area (Å²) in [4.78, 5) is 23.5. The molecule has 4 heterocycles. The zero-order chi connectivity index (χ0) is 20.5. The zero-order valence-corrected chi connectivity index (χ0v) is 16.9. The fourth-order valence-electron chi connectivity index (χ4n) is 4.34. The van der Waals surface area contributed by atoms with Gasteiger partial charge in [-0.05, 0) is 39.2 Å². The van der Waals surface area contributed by atoms with Crippen LogP contribution in [0.3, 0.4) is 0 Å². The normalized spacial score (nSPS) is 26.4. The number of aromatic nitrogens is 4. The first-order valence-corrected chi connectivity index (χ1v) is 10.1. The van der Waals surface area contributed by atoms with Gasteiger partial charge in [0.15, 0.2) is 0 Å². The number of carbonyl (C=O) groups is 1. The number of piperidine rings is 1. The van der Waals surface area contributed by atoms with Gasteiger partial charge in [0.25, 0.3) is 5.91 Å². The van der Waals surface area contributed by atoms with Gasteiger partial charge in [-0.1, -0.05) is 0 Å². The van der Waals surface area contributed by atoms with E-state index >= 15 is 0 Å². The molecule has 2 aliphatic heterocycles. The van der Waals surface area contributed by atoms with Gasteiger partial charge >= 0.3 is 0 Å². The highest BCUT2D eigenvalue weighted by molar-refractivity contribution is 5.94. The van der Waals surface area contributed by atoms with E-state index in [9.17, 15) is 9.90 Å². The standard InChI is InChI=1S/C20H28N6O3/c1-3-26-14-15(13-23-26)16(27)24-19(2)7-12-29-20(17(19)28)5-10-25(11-6-20)18-21-8-4-9-22-18/h4,8-9,13-14,17,28H,3,5-7,10-12H2,1-2H3,(H,24,27)/t17-,19+/m1/s1. The van der Waals surface area contributed by atoms with Crippen LogP contribution in [0.5, 0.6) is 0 Å². The van der Waals surface area contributed by atoms with E-state index in [1.807, 2.05) is 13.8 Å². The number of amides is 1. The van der Waals surface area contributed by atoms with Crippen molar-refractivity contribution in [2.75, 3.05) is 24.6 Å². The number of nitrogens with one attached hydrogen (secondary N) is 1. The second-order valence-corrected chi connectivity index (χ2v) is 8.06. The summed E-state index contributed by atoms with van der Waals surface area (Å²) in [6.07, 6.45) is 7.76. The number of anilines is 1. The van der Waals surface area contributed by atoms with Crippen molar-refractivity contribution in [3.8, 4) is 0 Å². The van der Waals surface area contributed by atoms with Crippen molar-refractivity contribution in [2.45, 2.75) is 56.9 Å².